The van der Waals surface area contributed by atoms with Gasteiger partial charge in [-0.25, -0.2) is 8.42 Å². The zero-order valence-electron chi connectivity index (χ0n) is 10.3. The number of nitrogens with two attached hydrogens (primary N) is 1. The van der Waals surface area contributed by atoms with E-state index in [-0.39, 0.29) is 16.2 Å². The Morgan fingerprint density at radius 3 is 2.74 bits per heavy atom. The Bertz CT molecular complexity index is 593. The number of carbonyl (C=O) groups is 1. The number of carbonyl (C=O) groups excluding carboxylic acids is 1. The van der Waals surface area contributed by atoms with Crippen LogP contribution in [0.15, 0.2) is 23.1 Å². The van der Waals surface area contributed by atoms with Crippen LogP contribution in [0.2, 0.25) is 0 Å². The van der Waals surface area contributed by atoms with Crippen molar-refractivity contribution in [2.75, 3.05) is 20.3 Å². The molecule has 0 unspecified atom stereocenters. The zero-order valence-corrected chi connectivity index (χ0v) is 11.1. The minimum Gasteiger partial charge on any atom is -0.496 e. The van der Waals surface area contributed by atoms with Gasteiger partial charge in [0.05, 0.1) is 24.2 Å². The summed E-state index contributed by atoms with van der Waals surface area (Å²) >= 11 is 0. The van der Waals surface area contributed by atoms with Gasteiger partial charge in [0.1, 0.15) is 5.75 Å². The number of sulfonamides is 1. The van der Waals surface area contributed by atoms with E-state index in [4.69, 9.17) is 15.3 Å². The Kier molecular flexibility index (Phi) is 3.74. The molecule has 19 heavy (non-hydrogen) atoms. The molecule has 1 fully saturated rings. The lowest BCUT2D eigenvalue weighted by molar-refractivity contribution is -0.0284. The van der Waals surface area contributed by atoms with E-state index in [1.165, 1.54) is 25.3 Å². The van der Waals surface area contributed by atoms with Gasteiger partial charge in [-0.3, -0.25) is 9.63 Å². The van der Waals surface area contributed by atoms with Crippen LogP contribution in [0.25, 0.3) is 0 Å². The molecule has 0 aromatic heterocycles. The molecule has 1 saturated heterocycles. The van der Waals surface area contributed by atoms with Crippen molar-refractivity contribution >= 4 is 15.9 Å². The number of primary amides is 1. The highest BCUT2D eigenvalue weighted by Gasteiger charge is 2.29. The van der Waals surface area contributed by atoms with Gasteiger partial charge in [-0.1, -0.05) is 4.47 Å². The van der Waals surface area contributed by atoms with Crippen LogP contribution in [-0.4, -0.2) is 39.1 Å². The molecule has 104 valence electrons. The fourth-order valence-electron chi connectivity index (χ4n) is 1.77. The molecule has 0 atom stereocenters. The summed E-state index contributed by atoms with van der Waals surface area (Å²) in [5.74, 6) is -0.523. The molecule has 0 saturated carbocycles. The lowest BCUT2D eigenvalue weighted by atomic mass is 10.2. The molecule has 0 bridgehead atoms. The fourth-order valence-corrected chi connectivity index (χ4v) is 3.10. The Morgan fingerprint density at radius 2 is 2.21 bits per heavy atom. The van der Waals surface area contributed by atoms with Gasteiger partial charge in [-0.15, -0.1) is 0 Å². The number of hydrogen-bond donors (Lipinski definition) is 1. The molecule has 0 spiro atoms. The first-order chi connectivity index (χ1) is 8.96. The topological polar surface area (TPSA) is 98.9 Å². The number of methoxy groups -OCH3 is 1. The Balaban J connectivity index is 2.45. The number of rotatable bonds is 4. The Morgan fingerprint density at radius 1 is 1.47 bits per heavy atom. The molecule has 1 aromatic carbocycles. The third kappa shape index (κ3) is 2.55. The zero-order chi connectivity index (χ0) is 14.0. The first-order valence-electron chi connectivity index (χ1n) is 5.60. The van der Waals surface area contributed by atoms with Crippen molar-refractivity contribution in [3.8, 4) is 5.75 Å². The molecular formula is C11H14N2O5S. The molecular weight excluding hydrogens is 272 g/mol. The van der Waals surface area contributed by atoms with Crippen LogP contribution in [0, 0.1) is 0 Å². The van der Waals surface area contributed by atoms with Gasteiger partial charge >= 0.3 is 0 Å². The minimum absolute atomic E-state index is 0.0165. The molecule has 7 nitrogen and oxygen atoms in total. The van der Waals surface area contributed by atoms with Crippen molar-refractivity contribution in [1.82, 2.24) is 4.47 Å². The van der Waals surface area contributed by atoms with Gasteiger partial charge < -0.3 is 10.5 Å². The van der Waals surface area contributed by atoms with E-state index >= 15 is 0 Å². The van der Waals surface area contributed by atoms with Crippen LogP contribution >= 0.6 is 0 Å². The summed E-state index contributed by atoms with van der Waals surface area (Å²) in [4.78, 5) is 16.3. The maximum absolute atomic E-state index is 12.2. The Labute approximate surface area is 110 Å². The fraction of sp³-hybridized carbons (Fsp3) is 0.364. The predicted octanol–water partition coefficient (Wildman–Crippen LogP) is 0.120. The van der Waals surface area contributed by atoms with Crippen molar-refractivity contribution in [3.05, 3.63) is 23.8 Å². The minimum atomic E-state index is -3.77. The van der Waals surface area contributed by atoms with Gasteiger partial charge in [-0.05, 0) is 24.6 Å². The highest BCUT2D eigenvalue weighted by atomic mass is 32.2. The molecule has 2 N–H and O–H groups in total. The van der Waals surface area contributed by atoms with Crippen LogP contribution in [0.5, 0.6) is 5.75 Å². The highest BCUT2D eigenvalue weighted by Crippen LogP contribution is 2.25. The second-order valence-electron chi connectivity index (χ2n) is 3.94. The summed E-state index contributed by atoms with van der Waals surface area (Å²) in [6.45, 7) is 0.651. The summed E-state index contributed by atoms with van der Waals surface area (Å²) in [5.41, 5.74) is 5.21. The van der Waals surface area contributed by atoms with Gasteiger partial charge in [0.2, 0.25) is 0 Å². The van der Waals surface area contributed by atoms with Gasteiger partial charge in [0, 0.05) is 6.54 Å². The average Bonchev–Trinajstić information content (AvgIpc) is 2.92. The third-order valence-corrected chi connectivity index (χ3v) is 4.40. The number of hydroxylamine groups is 1. The van der Waals surface area contributed by atoms with E-state index in [2.05, 4.69) is 0 Å². The first kappa shape index (κ1) is 13.8. The van der Waals surface area contributed by atoms with Gasteiger partial charge in [0.25, 0.3) is 15.9 Å². The Hall–Kier alpha value is -1.64. The summed E-state index contributed by atoms with van der Waals surface area (Å²) in [6, 6.07) is 3.93. The van der Waals surface area contributed by atoms with Crippen LogP contribution in [0.1, 0.15) is 16.8 Å². The normalized spacial score (nSPS) is 16.5. The van der Waals surface area contributed by atoms with Gasteiger partial charge in [0.15, 0.2) is 0 Å². The molecule has 1 aliphatic rings. The lowest BCUT2D eigenvalue weighted by Gasteiger charge is -2.15. The van der Waals surface area contributed by atoms with E-state index in [1.807, 2.05) is 0 Å². The van der Waals surface area contributed by atoms with E-state index in [1.54, 1.807) is 0 Å². The molecule has 2 rings (SSSR count). The molecule has 8 heteroatoms. The molecule has 0 aliphatic carbocycles. The van der Waals surface area contributed by atoms with Crippen LogP contribution in [0.4, 0.5) is 0 Å². The third-order valence-electron chi connectivity index (χ3n) is 2.72. The van der Waals surface area contributed by atoms with Crippen molar-refractivity contribution in [2.45, 2.75) is 11.3 Å². The van der Waals surface area contributed by atoms with Crippen LogP contribution in [0.3, 0.4) is 0 Å². The smallest absolute Gasteiger partial charge is 0.265 e. The lowest BCUT2D eigenvalue weighted by Crippen LogP contribution is -2.27. The molecule has 1 amide bonds. The maximum atomic E-state index is 12.2. The second kappa shape index (κ2) is 5.16. The first-order valence-corrected chi connectivity index (χ1v) is 7.04. The second-order valence-corrected chi connectivity index (χ2v) is 5.77. The summed E-state index contributed by atoms with van der Waals surface area (Å²) in [6.07, 6.45) is 0.637. The quantitative estimate of drug-likeness (QED) is 0.847. The predicted molar refractivity (Wildman–Crippen MR) is 66.0 cm³/mol. The van der Waals surface area contributed by atoms with E-state index in [9.17, 15) is 13.2 Å². The largest absolute Gasteiger partial charge is 0.496 e. The molecule has 1 aliphatic heterocycles. The van der Waals surface area contributed by atoms with Gasteiger partial charge in [-0.2, -0.15) is 0 Å². The summed E-state index contributed by atoms with van der Waals surface area (Å²) in [5, 5.41) is 0. The van der Waals surface area contributed by atoms with E-state index in [0.29, 0.717) is 19.6 Å². The summed E-state index contributed by atoms with van der Waals surface area (Å²) in [7, 11) is -2.40. The maximum Gasteiger partial charge on any atom is 0.265 e. The number of benzene rings is 1. The molecule has 1 heterocycles. The number of ether oxygens (including phenoxy) is 1. The van der Waals surface area contributed by atoms with E-state index < -0.39 is 15.9 Å². The van der Waals surface area contributed by atoms with Crippen molar-refractivity contribution in [3.63, 3.8) is 0 Å². The number of nitrogens with zero attached hydrogens (tertiary/aromatic N) is 1. The summed E-state index contributed by atoms with van der Waals surface area (Å²) < 4.78 is 30.3. The van der Waals surface area contributed by atoms with Crippen LogP contribution < -0.4 is 10.5 Å². The van der Waals surface area contributed by atoms with Crippen molar-refractivity contribution in [2.24, 2.45) is 5.73 Å². The van der Waals surface area contributed by atoms with Crippen LogP contribution in [-0.2, 0) is 14.9 Å². The SMILES string of the molecule is COc1ccc(S(=O)(=O)N2CCCO2)cc1C(N)=O. The highest BCUT2D eigenvalue weighted by molar-refractivity contribution is 7.89. The average molecular weight is 286 g/mol. The molecule has 1 aromatic rings. The number of hydrogen-bond acceptors (Lipinski definition) is 5. The number of amides is 1. The van der Waals surface area contributed by atoms with Crippen molar-refractivity contribution < 1.29 is 22.8 Å². The standard InChI is InChI=1S/C11H14N2O5S/c1-17-10-4-3-8(7-9(10)11(12)14)19(15,16)13-5-2-6-18-13/h3-4,7H,2,5-6H2,1H3,(H2,12,14). The molecule has 0 radical (unpaired) electrons. The van der Waals surface area contributed by atoms with Crippen molar-refractivity contribution in [1.29, 1.82) is 0 Å². The van der Waals surface area contributed by atoms with E-state index in [0.717, 1.165) is 4.47 Å². The monoisotopic (exact) mass is 286 g/mol.